The molecule has 19 heavy (non-hydrogen) atoms. The largest absolute Gasteiger partial charge is 0.462 e. The molecule has 1 aliphatic heterocycles. The number of ketones is 1. The van der Waals surface area contributed by atoms with E-state index in [1.807, 2.05) is 0 Å². The summed E-state index contributed by atoms with van der Waals surface area (Å²) in [5, 5.41) is 0. The van der Waals surface area contributed by atoms with Crippen LogP contribution in [-0.2, 0) is 14.3 Å². The Morgan fingerprint density at radius 3 is 2.11 bits per heavy atom. The molecule has 1 rings (SSSR count). The lowest BCUT2D eigenvalue weighted by Gasteiger charge is -2.21. The van der Waals surface area contributed by atoms with Crippen LogP contribution in [0.4, 0.5) is 0 Å². The van der Waals surface area contributed by atoms with Gasteiger partial charge in [0.1, 0.15) is 18.3 Å². The van der Waals surface area contributed by atoms with E-state index in [2.05, 4.69) is 6.92 Å². The summed E-state index contributed by atoms with van der Waals surface area (Å²) in [7, 11) is 0. The molecule has 0 aromatic rings. The average Bonchev–Trinajstić information content (AvgIpc) is 2.36. The zero-order valence-corrected chi connectivity index (χ0v) is 12.3. The lowest BCUT2D eigenvalue weighted by Crippen LogP contribution is -2.29. The second kappa shape index (κ2) is 9.99. The van der Waals surface area contributed by atoms with E-state index in [-0.39, 0.29) is 24.3 Å². The minimum atomic E-state index is -0.336. The van der Waals surface area contributed by atoms with Crippen LogP contribution in [0.25, 0.3) is 0 Å². The van der Waals surface area contributed by atoms with Gasteiger partial charge in [0.15, 0.2) is 0 Å². The van der Waals surface area contributed by atoms with E-state index < -0.39 is 0 Å². The SMILES string of the molecule is CCCCCCCCCCC[C@H]1CC(=O)CC(=O)O1. The van der Waals surface area contributed by atoms with E-state index in [0.29, 0.717) is 6.42 Å². The number of unbranched alkanes of at least 4 members (excludes halogenated alkanes) is 8. The molecular formula is C16H28O3. The molecule has 0 aromatic carbocycles. The van der Waals surface area contributed by atoms with Crippen molar-refractivity contribution in [1.29, 1.82) is 0 Å². The van der Waals surface area contributed by atoms with Crippen LogP contribution in [0, 0.1) is 0 Å². The van der Waals surface area contributed by atoms with Crippen molar-refractivity contribution in [3.05, 3.63) is 0 Å². The van der Waals surface area contributed by atoms with Crippen molar-refractivity contribution in [2.75, 3.05) is 0 Å². The third kappa shape index (κ3) is 8.02. The van der Waals surface area contributed by atoms with Gasteiger partial charge < -0.3 is 4.74 Å². The molecule has 110 valence electrons. The first kappa shape index (κ1) is 16.2. The summed E-state index contributed by atoms with van der Waals surface area (Å²) in [5.41, 5.74) is 0. The van der Waals surface area contributed by atoms with Crippen molar-refractivity contribution >= 4 is 11.8 Å². The fourth-order valence-corrected chi connectivity index (χ4v) is 2.60. The topological polar surface area (TPSA) is 43.4 Å². The van der Waals surface area contributed by atoms with Crippen LogP contribution in [0.1, 0.15) is 84.0 Å². The van der Waals surface area contributed by atoms with Gasteiger partial charge in [-0.2, -0.15) is 0 Å². The number of cyclic esters (lactones) is 1. The van der Waals surface area contributed by atoms with Crippen LogP contribution < -0.4 is 0 Å². The first-order valence-electron chi connectivity index (χ1n) is 7.93. The van der Waals surface area contributed by atoms with Gasteiger partial charge in [-0.15, -0.1) is 0 Å². The van der Waals surface area contributed by atoms with Gasteiger partial charge in [-0.1, -0.05) is 58.3 Å². The molecule has 0 radical (unpaired) electrons. The van der Waals surface area contributed by atoms with Gasteiger partial charge in [0.2, 0.25) is 0 Å². The average molecular weight is 268 g/mol. The van der Waals surface area contributed by atoms with Gasteiger partial charge >= 0.3 is 5.97 Å². The summed E-state index contributed by atoms with van der Waals surface area (Å²) in [6, 6.07) is 0. The zero-order valence-electron chi connectivity index (χ0n) is 12.3. The molecule has 1 fully saturated rings. The predicted octanol–water partition coefficient (Wildman–Crippen LogP) is 4.18. The number of carbonyl (C=O) groups excluding carboxylic acids is 2. The van der Waals surface area contributed by atoms with Gasteiger partial charge in [0.25, 0.3) is 0 Å². The zero-order chi connectivity index (χ0) is 13.9. The lowest BCUT2D eigenvalue weighted by atomic mass is 10.0. The molecular weight excluding hydrogens is 240 g/mol. The third-order valence-electron chi connectivity index (χ3n) is 3.72. The molecule has 0 N–H and O–H groups in total. The van der Waals surface area contributed by atoms with Crippen LogP contribution in [0.3, 0.4) is 0 Å². The Bertz CT molecular complexity index is 257. The monoisotopic (exact) mass is 268 g/mol. The molecule has 0 saturated carbocycles. The predicted molar refractivity (Wildman–Crippen MR) is 76.0 cm³/mol. The second-order valence-corrected chi connectivity index (χ2v) is 5.65. The molecule has 0 spiro atoms. The molecule has 1 atom stereocenters. The molecule has 1 aliphatic rings. The highest BCUT2D eigenvalue weighted by Gasteiger charge is 2.25. The maximum absolute atomic E-state index is 11.2. The smallest absolute Gasteiger partial charge is 0.313 e. The molecule has 0 aromatic heterocycles. The van der Waals surface area contributed by atoms with Gasteiger partial charge in [-0.05, 0) is 12.8 Å². The highest BCUT2D eigenvalue weighted by Crippen LogP contribution is 2.18. The van der Waals surface area contributed by atoms with Crippen molar-refractivity contribution in [3.8, 4) is 0 Å². The minimum absolute atomic E-state index is 0.0196. The molecule has 1 heterocycles. The van der Waals surface area contributed by atoms with Gasteiger partial charge in [0.05, 0.1) is 0 Å². The maximum Gasteiger partial charge on any atom is 0.313 e. The summed E-state index contributed by atoms with van der Waals surface area (Å²) in [4.78, 5) is 22.3. The summed E-state index contributed by atoms with van der Waals surface area (Å²) < 4.78 is 5.17. The molecule has 0 bridgehead atoms. The van der Waals surface area contributed by atoms with Crippen LogP contribution >= 0.6 is 0 Å². The molecule has 0 aliphatic carbocycles. The molecule has 3 heteroatoms. The van der Waals surface area contributed by atoms with Crippen LogP contribution in [0.2, 0.25) is 0 Å². The highest BCUT2D eigenvalue weighted by atomic mass is 16.5. The van der Waals surface area contributed by atoms with E-state index >= 15 is 0 Å². The van der Waals surface area contributed by atoms with Gasteiger partial charge in [-0.3, -0.25) is 9.59 Å². The molecule has 0 amide bonds. The van der Waals surface area contributed by atoms with Gasteiger partial charge in [0, 0.05) is 6.42 Å². The Labute approximate surface area is 117 Å². The van der Waals surface area contributed by atoms with E-state index in [1.54, 1.807) is 0 Å². The lowest BCUT2D eigenvalue weighted by molar-refractivity contribution is -0.158. The Morgan fingerprint density at radius 2 is 1.53 bits per heavy atom. The first-order chi connectivity index (χ1) is 9.22. The van der Waals surface area contributed by atoms with E-state index in [4.69, 9.17) is 4.74 Å². The summed E-state index contributed by atoms with van der Waals surface area (Å²) in [6.45, 7) is 2.24. The Hall–Kier alpha value is -0.860. The minimum Gasteiger partial charge on any atom is -0.462 e. The Morgan fingerprint density at radius 1 is 0.947 bits per heavy atom. The number of rotatable bonds is 10. The maximum atomic E-state index is 11.2. The van der Waals surface area contributed by atoms with Crippen LogP contribution in [0.5, 0.6) is 0 Å². The fraction of sp³-hybridized carbons (Fsp3) is 0.875. The second-order valence-electron chi connectivity index (χ2n) is 5.65. The quantitative estimate of drug-likeness (QED) is 0.339. The Balaban J connectivity index is 1.90. The first-order valence-corrected chi connectivity index (χ1v) is 7.93. The number of hydrogen-bond acceptors (Lipinski definition) is 3. The van der Waals surface area contributed by atoms with Crippen LogP contribution in [-0.4, -0.2) is 17.9 Å². The molecule has 3 nitrogen and oxygen atoms in total. The number of esters is 1. The van der Waals surface area contributed by atoms with Crippen molar-refractivity contribution in [1.82, 2.24) is 0 Å². The van der Waals surface area contributed by atoms with Gasteiger partial charge in [-0.25, -0.2) is 0 Å². The Kier molecular flexibility index (Phi) is 8.52. The van der Waals surface area contributed by atoms with Crippen molar-refractivity contribution < 1.29 is 14.3 Å². The van der Waals surface area contributed by atoms with E-state index in [9.17, 15) is 9.59 Å². The number of carbonyl (C=O) groups is 2. The van der Waals surface area contributed by atoms with E-state index in [1.165, 1.54) is 51.4 Å². The number of hydrogen-bond donors (Lipinski definition) is 0. The van der Waals surface area contributed by atoms with E-state index in [0.717, 1.165) is 12.8 Å². The fourth-order valence-electron chi connectivity index (χ4n) is 2.60. The van der Waals surface area contributed by atoms with Crippen LogP contribution in [0.15, 0.2) is 0 Å². The summed E-state index contributed by atoms with van der Waals surface area (Å²) in [5.74, 6) is -0.297. The van der Waals surface area contributed by atoms with Crippen molar-refractivity contribution in [3.63, 3.8) is 0 Å². The third-order valence-corrected chi connectivity index (χ3v) is 3.72. The number of ether oxygens (including phenoxy) is 1. The van der Waals surface area contributed by atoms with Crippen molar-refractivity contribution in [2.24, 2.45) is 0 Å². The highest BCUT2D eigenvalue weighted by molar-refractivity contribution is 5.97. The summed E-state index contributed by atoms with van der Waals surface area (Å²) in [6.07, 6.45) is 12.7. The van der Waals surface area contributed by atoms with Crippen molar-refractivity contribution in [2.45, 2.75) is 90.1 Å². The normalized spacial score (nSPS) is 19.5. The molecule has 0 unspecified atom stereocenters. The molecule has 1 saturated heterocycles. The summed E-state index contributed by atoms with van der Waals surface area (Å²) >= 11 is 0. The standard InChI is InChI=1S/C16H28O3/c1-2-3-4-5-6-7-8-9-10-11-15-12-14(17)13-16(18)19-15/h15H,2-13H2,1H3/t15-/m0/s1. The number of Topliss-reactive ketones (excluding diaryl/α,β-unsaturated/α-hetero) is 1.